The van der Waals surface area contributed by atoms with Crippen LogP contribution in [0.5, 0.6) is 0 Å². The Kier molecular flexibility index (Phi) is 6.94. The molecule has 0 radical (unpaired) electrons. The Morgan fingerprint density at radius 3 is 2.89 bits per heavy atom. The summed E-state index contributed by atoms with van der Waals surface area (Å²) in [5.74, 6) is 0.892. The maximum Gasteiger partial charge on any atom is 0.223 e. The van der Waals surface area contributed by atoms with Crippen LogP contribution in [0.25, 0.3) is 0 Å². The average molecular weight is 254 g/mol. The van der Waals surface area contributed by atoms with E-state index in [1.807, 2.05) is 19.2 Å². The van der Waals surface area contributed by atoms with Gasteiger partial charge in [-0.3, -0.25) is 4.79 Å². The number of carbonyl (C=O) groups excluding carboxylic acids is 1. The molecule has 5 nitrogen and oxygen atoms in total. The molecule has 102 valence electrons. The van der Waals surface area contributed by atoms with Crippen molar-refractivity contribution in [2.45, 2.75) is 25.7 Å². The van der Waals surface area contributed by atoms with E-state index in [1.165, 1.54) is 5.70 Å². The van der Waals surface area contributed by atoms with E-state index in [-0.39, 0.29) is 12.5 Å². The van der Waals surface area contributed by atoms with Crippen LogP contribution in [-0.4, -0.2) is 37.8 Å². The smallest absolute Gasteiger partial charge is 0.223 e. The van der Waals surface area contributed by atoms with Crippen molar-refractivity contribution in [2.75, 3.05) is 26.8 Å². The molecule has 0 unspecified atom stereocenters. The monoisotopic (exact) mass is 254 g/mol. The molecule has 0 saturated carbocycles. The SMILES string of the molecule is CNC1=CC=C(OCCC(=O)NCCCO)CC1. The molecule has 0 heterocycles. The van der Waals surface area contributed by atoms with Crippen LogP contribution in [0.3, 0.4) is 0 Å². The molecule has 1 amide bonds. The lowest BCUT2D eigenvalue weighted by Crippen LogP contribution is -2.26. The molecule has 0 aromatic rings. The van der Waals surface area contributed by atoms with E-state index in [1.54, 1.807) is 0 Å². The summed E-state index contributed by atoms with van der Waals surface area (Å²) in [7, 11) is 1.91. The van der Waals surface area contributed by atoms with E-state index < -0.39 is 0 Å². The van der Waals surface area contributed by atoms with Crippen LogP contribution in [0.1, 0.15) is 25.7 Å². The molecule has 0 saturated heterocycles. The fraction of sp³-hybridized carbons (Fsp3) is 0.615. The van der Waals surface area contributed by atoms with E-state index in [9.17, 15) is 4.79 Å². The number of carbonyl (C=O) groups is 1. The highest BCUT2D eigenvalue weighted by molar-refractivity contribution is 5.75. The van der Waals surface area contributed by atoms with Crippen LogP contribution in [0, 0.1) is 0 Å². The Labute approximate surface area is 108 Å². The zero-order valence-corrected chi connectivity index (χ0v) is 10.9. The molecule has 0 atom stereocenters. The molecule has 0 aromatic heterocycles. The quantitative estimate of drug-likeness (QED) is 0.557. The van der Waals surface area contributed by atoms with Gasteiger partial charge in [-0.2, -0.15) is 0 Å². The lowest BCUT2D eigenvalue weighted by Gasteiger charge is -2.15. The summed E-state index contributed by atoms with van der Waals surface area (Å²) in [6.45, 7) is 1.02. The van der Waals surface area contributed by atoms with Gasteiger partial charge in [-0.1, -0.05) is 0 Å². The van der Waals surface area contributed by atoms with Gasteiger partial charge in [0.05, 0.1) is 18.8 Å². The van der Waals surface area contributed by atoms with Gasteiger partial charge in [-0.25, -0.2) is 0 Å². The number of allylic oxidation sites excluding steroid dienone is 4. The Bertz CT molecular complexity index is 324. The highest BCUT2D eigenvalue weighted by Gasteiger charge is 2.07. The van der Waals surface area contributed by atoms with Crippen LogP contribution in [-0.2, 0) is 9.53 Å². The van der Waals surface area contributed by atoms with Crippen molar-refractivity contribution in [1.29, 1.82) is 0 Å². The minimum absolute atomic E-state index is 0.0358. The molecule has 0 bridgehead atoms. The van der Waals surface area contributed by atoms with Crippen molar-refractivity contribution in [2.24, 2.45) is 0 Å². The third-order valence-electron chi connectivity index (χ3n) is 2.71. The fourth-order valence-corrected chi connectivity index (χ4v) is 1.62. The van der Waals surface area contributed by atoms with Gasteiger partial charge < -0.3 is 20.5 Å². The second-order valence-electron chi connectivity index (χ2n) is 4.10. The number of amides is 1. The van der Waals surface area contributed by atoms with Crippen molar-refractivity contribution in [1.82, 2.24) is 10.6 Å². The summed E-state index contributed by atoms with van der Waals surface area (Å²) in [5, 5.41) is 14.4. The molecular weight excluding hydrogens is 232 g/mol. The van der Waals surface area contributed by atoms with E-state index >= 15 is 0 Å². The van der Waals surface area contributed by atoms with Crippen LogP contribution in [0.15, 0.2) is 23.6 Å². The zero-order valence-electron chi connectivity index (χ0n) is 10.9. The first kappa shape index (κ1) is 14.6. The molecule has 5 heteroatoms. The van der Waals surface area contributed by atoms with Crippen molar-refractivity contribution in [3.05, 3.63) is 23.6 Å². The standard InChI is InChI=1S/C13H22N2O3/c1-14-11-3-5-12(6-4-11)18-10-7-13(17)15-8-2-9-16/h3,5,14,16H,2,4,6-10H2,1H3,(H,15,17). The maximum atomic E-state index is 11.3. The second kappa shape index (κ2) is 8.58. The van der Waals surface area contributed by atoms with E-state index in [4.69, 9.17) is 9.84 Å². The van der Waals surface area contributed by atoms with Gasteiger partial charge in [0.2, 0.25) is 5.91 Å². The van der Waals surface area contributed by atoms with Crippen LogP contribution in [0.4, 0.5) is 0 Å². The summed E-state index contributed by atoms with van der Waals surface area (Å²) >= 11 is 0. The number of nitrogens with one attached hydrogen (secondary N) is 2. The highest BCUT2D eigenvalue weighted by Crippen LogP contribution is 2.17. The number of rotatable bonds is 8. The predicted octanol–water partition coefficient (Wildman–Crippen LogP) is 0.673. The highest BCUT2D eigenvalue weighted by atomic mass is 16.5. The summed E-state index contributed by atoms with van der Waals surface area (Å²) in [5.41, 5.74) is 1.20. The molecule has 0 fully saturated rings. The summed E-state index contributed by atoms with van der Waals surface area (Å²) in [4.78, 5) is 11.3. The van der Waals surface area contributed by atoms with E-state index in [0.717, 1.165) is 18.6 Å². The minimum atomic E-state index is -0.0358. The first-order valence-corrected chi connectivity index (χ1v) is 6.34. The summed E-state index contributed by atoms with van der Waals surface area (Å²) in [6.07, 6.45) is 6.71. The largest absolute Gasteiger partial charge is 0.497 e. The topological polar surface area (TPSA) is 70.6 Å². The molecule has 3 N–H and O–H groups in total. The predicted molar refractivity (Wildman–Crippen MR) is 69.7 cm³/mol. The van der Waals surface area contributed by atoms with Crippen LogP contribution in [0.2, 0.25) is 0 Å². The first-order chi connectivity index (χ1) is 8.76. The molecule has 1 rings (SSSR count). The third kappa shape index (κ3) is 5.72. The average Bonchev–Trinajstić information content (AvgIpc) is 2.40. The number of aliphatic hydroxyl groups excluding tert-OH is 1. The van der Waals surface area contributed by atoms with Gasteiger partial charge in [0.1, 0.15) is 0 Å². The van der Waals surface area contributed by atoms with Gasteiger partial charge in [0.25, 0.3) is 0 Å². The minimum Gasteiger partial charge on any atom is -0.497 e. The number of ether oxygens (including phenoxy) is 1. The number of hydrogen-bond donors (Lipinski definition) is 3. The second-order valence-corrected chi connectivity index (χ2v) is 4.10. The molecule has 0 aromatic carbocycles. The van der Waals surface area contributed by atoms with Crippen molar-refractivity contribution < 1.29 is 14.6 Å². The molecule has 0 aliphatic heterocycles. The number of hydrogen-bond acceptors (Lipinski definition) is 4. The van der Waals surface area contributed by atoms with Gasteiger partial charge in [-0.05, 0) is 25.0 Å². The van der Waals surface area contributed by atoms with Crippen LogP contribution >= 0.6 is 0 Å². The Morgan fingerprint density at radius 1 is 1.44 bits per heavy atom. The first-order valence-electron chi connectivity index (χ1n) is 6.34. The van der Waals surface area contributed by atoms with E-state index in [0.29, 0.717) is 26.0 Å². The Hall–Kier alpha value is -1.49. The molecule has 18 heavy (non-hydrogen) atoms. The van der Waals surface area contributed by atoms with Gasteiger partial charge in [-0.15, -0.1) is 0 Å². The Morgan fingerprint density at radius 2 is 2.28 bits per heavy atom. The normalized spacial score (nSPS) is 14.6. The van der Waals surface area contributed by atoms with Crippen LogP contribution < -0.4 is 10.6 Å². The lowest BCUT2D eigenvalue weighted by molar-refractivity contribution is -0.121. The Balaban J connectivity index is 2.13. The van der Waals surface area contributed by atoms with Crippen molar-refractivity contribution in [3.8, 4) is 0 Å². The lowest BCUT2D eigenvalue weighted by atomic mass is 10.1. The van der Waals surface area contributed by atoms with Gasteiger partial charge in [0.15, 0.2) is 0 Å². The van der Waals surface area contributed by atoms with Gasteiger partial charge in [0, 0.05) is 32.3 Å². The fourth-order valence-electron chi connectivity index (χ4n) is 1.62. The zero-order chi connectivity index (χ0) is 13.2. The van der Waals surface area contributed by atoms with Gasteiger partial charge >= 0.3 is 0 Å². The van der Waals surface area contributed by atoms with Crippen molar-refractivity contribution >= 4 is 5.91 Å². The molecule has 1 aliphatic carbocycles. The molecular formula is C13H22N2O3. The third-order valence-corrected chi connectivity index (χ3v) is 2.71. The number of aliphatic hydroxyl groups is 1. The molecule has 0 spiro atoms. The summed E-state index contributed by atoms with van der Waals surface area (Å²) < 4.78 is 5.53. The van der Waals surface area contributed by atoms with Crippen molar-refractivity contribution in [3.63, 3.8) is 0 Å². The summed E-state index contributed by atoms with van der Waals surface area (Å²) in [6, 6.07) is 0. The molecule has 1 aliphatic rings. The van der Waals surface area contributed by atoms with E-state index in [2.05, 4.69) is 10.6 Å². The maximum absolute atomic E-state index is 11.3.